The standard InChI is InChI=1S/C16H24N4O/c1-12-5-8-20(11-12)15-9-13(4-7-18-15)16(21)19-14-3-2-6-17-10-14/h4,7,9,12,14,17H,2-3,5-6,8,10-11H2,1H3,(H,19,21)/t12?,14-/m0/s1. The van der Waals surface area contributed by atoms with Crippen molar-refractivity contribution < 1.29 is 4.79 Å². The number of carbonyl (C=O) groups excluding carboxylic acids is 1. The highest BCUT2D eigenvalue weighted by atomic mass is 16.1. The van der Waals surface area contributed by atoms with Gasteiger partial charge in [0.1, 0.15) is 5.82 Å². The third-order valence-corrected chi connectivity index (χ3v) is 4.39. The highest BCUT2D eigenvalue weighted by molar-refractivity contribution is 5.95. The molecule has 2 aliphatic rings. The zero-order valence-electron chi connectivity index (χ0n) is 12.6. The Kier molecular flexibility index (Phi) is 4.39. The molecule has 1 unspecified atom stereocenters. The Bertz CT molecular complexity index is 499. The van der Waals surface area contributed by atoms with Gasteiger partial charge >= 0.3 is 0 Å². The summed E-state index contributed by atoms with van der Waals surface area (Å²) in [5, 5.41) is 6.43. The fourth-order valence-electron chi connectivity index (χ4n) is 3.12. The second-order valence-corrected chi connectivity index (χ2v) is 6.26. The zero-order valence-corrected chi connectivity index (χ0v) is 12.6. The quantitative estimate of drug-likeness (QED) is 0.883. The van der Waals surface area contributed by atoms with Crippen LogP contribution >= 0.6 is 0 Å². The molecular weight excluding hydrogens is 264 g/mol. The van der Waals surface area contributed by atoms with Crippen molar-refractivity contribution in [1.29, 1.82) is 0 Å². The van der Waals surface area contributed by atoms with Crippen LogP contribution < -0.4 is 15.5 Å². The topological polar surface area (TPSA) is 57.3 Å². The van der Waals surface area contributed by atoms with Crippen LogP contribution in [0.5, 0.6) is 0 Å². The van der Waals surface area contributed by atoms with Gasteiger partial charge in [-0.1, -0.05) is 6.92 Å². The van der Waals surface area contributed by atoms with Gasteiger partial charge in [0.2, 0.25) is 0 Å². The minimum absolute atomic E-state index is 0.0135. The first kappa shape index (κ1) is 14.3. The summed E-state index contributed by atoms with van der Waals surface area (Å²) in [5.41, 5.74) is 0.713. The molecule has 2 atom stereocenters. The van der Waals surface area contributed by atoms with Gasteiger partial charge < -0.3 is 15.5 Å². The van der Waals surface area contributed by atoms with Gasteiger partial charge in [-0.2, -0.15) is 0 Å². The molecule has 0 aliphatic carbocycles. The van der Waals surface area contributed by atoms with E-state index in [1.54, 1.807) is 12.3 Å². The van der Waals surface area contributed by atoms with E-state index in [-0.39, 0.29) is 11.9 Å². The summed E-state index contributed by atoms with van der Waals surface area (Å²) in [5.74, 6) is 1.64. The molecule has 5 heteroatoms. The lowest BCUT2D eigenvalue weighted by atomic mass is 10.1. The summed E-state index contributed by atoms with van der Waals surface area (Å²) in [4.78, 5) is 19.0. The van der Waals surface area contributed by atoms with Crippen molar-refractivity contribution >= 4 is 11.7 Å². The predicted octanol–water partition coefficient (Wildman–Crippen LogP) is 1.41. The van der Waals surface area contributed by atoms with E-state index >= 15 is 0 Å². The first-order valence-electron chi connectivity index (χ1n) is 7.95. The number of carbonyl (C=O) groups is 1. The second-order valence-electron chi connectivity index (χ2n) is 6.26. The Balaban J connectivity index is 1.65. The van der Waals surface area contributed by atoms with Crippen LogP contribution in [0.1, 0.15) is 36.5 Å². The lowest BCUT2D eigenvalue weighted by Crippen LogP contribution is -2.45. The molecule has 0 bridgehead atoms. The summed E-state index contributed by atoms with van der Waals surface area (Å²) < 4.78 is 0. The van der Waals surface area contributed by atoms with E-state index in [9.17, 15) is 4.79 Å². The predicted molar refractivity (Wildman–Crippen MR) is 83.6 cm³/mol. The summed E-state index contributed by atoms with van der Waals surface area (Å²) in [7, 11) is 0. The molecule has 2 aliphatic heterocycles. The number of hydrogen-bond acceptors (Lipinski definition) is 4. The van der Waals surface area contributed by atoms with Crippen molar-refractivity contribution in [2.45, 2.75) is 32.2 Å². The number of aromatic nitrogens is 1. The minimum atomic E-state index is 0.0135. The monoisotopic (exact) mass is 288 g/mol. The molecule has 1 aromatic heterocycles. The highest BCUT2D eigenvalue weighted by Crippen LogP contribution is 2.22. The Hall–Kier alpha value is -1.62. The van der Waals surface area contributed by atoms with Crippen LogP contribution in [0, 0.1) is 5.92 Å². The number of hydrogen-bond donors (Lipinski definition) is 2. The van der Waals surface area contributed by atoms with E-state index < -0.39 is 0 Å². The Morgan fingerprint density at radius 2 is 2.38 bits per heavy atom. The largest absolute Gasteiger partial charge is 0.356 e. The number of pyridine rings is 1. The summed E-state index contributed by atoms with van der Waals surface area (Å²) in [6, 6.07) is 3.97. The van der Waals surface area contributed by atoms with Gasteiger partial charge in [-0.3, -0.25) is 4.79 Å². The summed E-state index contributed by atoms with van der Waals surface area (Å²) in [6.07, 6.45) is 5.12. The van der Waals surface area contributed by atoms with Crippen LogP contribution in [0.25, 0.3) is 0 Å². The van der Waals surface area contributed by atoms with Gasteiger partial charge in [0.25, 0.3) is 5.91 Å². The molecule has 114 valence electrons. The van der Waals surface area contributed by atoms with Crippen molar-refractivity contribution in [3.8, 4) is 0 Å². The molecule has 0 saturated carbocycles. The molecule has 0 spiro atoms. The van der Waals surface area contributed by atoms with Crippen LogP contribution in [-0.4, -0.2) is 43.1 Å². The molecule has 0 radical (unpaired) electrons. The van der Waals surface area contributed by atoms with Gasteiger partial charge in [0.05, 0.1) is 0 Å². The molecule has 3 rings (SSSR count). The first-order chi connectivity index (χ1) is 10.2. The zero-order chi connectivity index (χ0) is 14.7. The first-order valence-corrected chi connectivity index (χ1v) is 7.95. The third-order valence-electron chi connectivity index (χ3n) is 4.39. The van der Waals surface area contributed by atoms with Gasteiger partial charge in [-0.25, -0.2) is 4.98 Å². The molecule has 2 N–H and O–H groups in total. The average Bonchev–Trinajstić information content (AvgIpc) is 2.95. The molecule has 21 heavy (non-hydrogen) atoms. The number of anilines is 1. The van der Waals surface area contributed by atoms with E-state index in [0.717, 1.165) is 44.8 Å². The highest BCUT2D eigenvalue weighted by Gasteiger charge is 2.21. The molecule has 2 saturated heterocycles. The molecule has 1 aromatic rings. The van der Waals surface area contributed by atoms with E-state index in [4.69, 9.17) is 0 Å². The van der Waals surface area contributed by atoms with Crippen molar-refractivity contribution in [2.24, 2.45) is 5.92 Å². The van der Waals surface area contributed by atoms with Gasteiger partial charge in [0, 0.05) is 37.4 Å². The Morgan fingerprint density at radius 3 is 3.10 bits per heavy atom. The molecule has 3 heterocycles. The fraction of sp³-hybridized carbons (Fsp3) is 0.625. The molecule has 5 nitrogen and oxygen atoms in total. The number of piperidine rings is 1. The molecule has 2 fully saturated rings. The molecular formula is C16H24N4O. The van der Waals surface area contributed by atoms with Crippen LogP contribution in [0.15, 0.2) is 18.3 Å². The fourth-order valence-corrected chi connectivity index (χ4v) is 3.12. The third kappa shape index (κ3) is 3.53. The van der Waals surface area contributed by atoms with E-state index in [2.05, 4.69) is 27.4 Å². The lowest BCUT2D eigenvalue weighted by molar-refractivity contribution is 0.0930. The van der Waals surface area contributed by atoms with E-state index in [1.165, 1.54) is 6.42 Å². The maximum atomic E-state index is 12.4. The van der Waals surface area contributed by atoms with Crippen molar-refractivity contribution in [3.05, 3.63) is 23.9 Å². The average molecular weight is 288 g/mol. The van der Waals surface area contributed by atoms with E-state index in [0.29, 0.717) is 11.5 Å². The number of nitrogens with one attached hydrogen (secondary N) is 2. The lowest BCUT2D eigenvalue weighted by Gasteiger charge is -2.24. The van der Waals surface area contributed by atoms with Crippen molar-refractivity contribution in [1.82, 2.24) is 15.6 Å². The van der Waals surface area contributed by atoms with Crippen molar-refractivity contribution in [2.75, 3.05) is 31.1 Å². The van der Waals surface area contributed by atoms with Crippen LogP contribution in [0.3, 0.4) is 0 Å². The van der Waals surface area contributed by atoms with E-state index in [1.807, 2.05) is 6.07 Å². The van der Waals surface area contributed by atoms with Gasteiger partial charge in [0.15, 0.2) is 0 Å². The SMILES string of the molecule is CC1CCN(c2cc(C(=O)N[C@H]3CCCNC3)ccn2)C1. The van der Waals surface area contributed by atoms with Gasteiger partial charge in [-0.05, 0) is 43.9 Å². The number of nitrogens with zero attached hydrogens (tertiary/aromatic N) is 2. The minimum Gasteiger partial charge on any atom is -0.356 e. The van der Waals surface area contributed by atoms with Crippen LogP contribution in [0.2, 0.25) is 0 Å². The summed E-state index contributed by atoms with van der Waals surface area (Å²) in [6.45, 7) is 6.25. The second kappa shape index (κ2) is 6.43. The number of rotatable bonds is 3. The molecule has 1 amide bonds. The number of amides is 1. The maximum absolute atomic E-state index is 12.4. The molecule has 0 aromatic carbocycles. The van der Waals surface area contributed by atoms with Crippen LogP contribution in [0.4, 0.5) is 5.82 Å². The van der Waals surface area contributed by atoms with Gasteiger partial charge in [-0.15, -0.1) is 0 Å². The Labute approximate surface area is 126 Å². The van der Waals surface area contributed by atoms with Crippen molar-refractivity contribution in [3.63, 3.8) is 0 Å². The maximum Gasteiger partial charge on any atom is 0.251 e. The van der Waals surface area contributed by atoms with Crippen LogP contribution in [-0.2, 0) is 0 Å². The normalized spacial score (nSPS) is 25.9. The summed E-state index contributed by atoms with van der Waals surface area (Å²) >= 11 is 0. The Morgan fingerprint density at radius 1 is 1.48 bits per heavy atom. The smallest absolute Gasteiger partial charge is 0.251 e.